The fourth-order valence-corrected chi connectivity index (χ4v) is 1.99. The number of nitrogens with one attached hydrogen (secondary N) is 1. The van der Waals surface area contributed by atoms with Crippen LogP contribution >= 0.6 is 0 Å². The van der Waals surface area contributed by atoms with Crippen molar-refractivity contribution in [1.29, 1.82) is 0 Å². The molecule has 0 aromatic heterocycles. The van der Waals surface area contributed by atoms with E-state index in [2.05, 4.69) is 12.2 Å². The van der Waals surface area contributed by atoms with Crippen LogP contribution < -0.4 is 5.32 Å². The summed E-state index contributed by atoms with van der Waals surface area (Å²) < 4.78 is 5.31. The highest BCUT2D eigenvalue weighted by Crippen LogP contribution is 2.12. The molecule has 4 heteroatoms. The predicted molar refractivity (Wildman–Crippen MR) is 65.5 cm³/mol. The molecule has 1 aliphatic heterocycles. The van der Waals surface area contributed by atoms with Crippen LogP contribution in [-0.4, -0.2) is 24.0 Å². The molecule has 2 unspecified atom stereocenters. The molecule has 1 N–H and O–H groups in total. The SMILES string of the molecule is CCCCCCC(C)OC(=O)C1CCC(=O)N1. The summed E-state index contributed by atoms with van der Waals surface area (Å²) in [7, 11) is 0. The molecule has 0 aromatic rings. The lowest BCUT2D eigenvalue weighted by Gasteiger charge is -2.16. The zero-order valence-electron chi connectivity index (χ0n) is 10.8. The highest BCUT2D eigenvalue weighted by molar-refractivity contribution is 5.88. The van der Waals surface area contributed by atoms with E-state index < -0.39 is 6.04 Å². The molecular formula is C13H23NO3. The minimum absolute atomic E-state index is 0.0446. The van der Waals surface area contributed by atoms with E-state index in [-0.39, 0.29) is 18.0 Å². The number of carbonyl (C=O) groups is 2. The van der Waals surface area contributed by atoms with E-state index >= 15 is 0 Å². The van der Waals surface area contributed by atoms with Crippen molar-refractivity contribution in [2.24, 2.45) is 0 Å². The summed E-state index contributed by atoms with van der Waals surface area (Å²) >= 11 is 0. The molecule has 1 rings (SSSR count). The Morgan fingerprint density at radius 2 is 2.24 bits per heavy atom. The molecule has 2 atom stereocenters. The first-order valence-corrected chi connectivity index (χ1v) is 6.63. The minimum atomic E-state index is -0.416. The summed E-state index contributed by atoms with van der Waals surface area (Å²) in [5.74, 6) is -0.332. The Kier molecular flexibility index (Phi) is 6.01. The second-order valence-corrected chi connectivity index (χ2v) is 4.76. The van der Waals surface area contributed by atoms with Crippen molar-refractivity contribution in [3.63, 3.8) is 0 Å². The standard InChI is InChI=1S/C13H23NO3/c1-3-4-5-6-7-10(2)17-13(16)11-8-9-12(15)14-11/h10-11H,3-9H2,1-2H3,(H,14,15). The quantitative estimate of drug-likeness (QED) is 0.549. The van der Waals surface area contributed by atoms with Gasteiger partial charge in [0, 0.05) is 6.42 Å². The number of rotatable bonds is 7. The first-order valence-electron chi connectivity index (χ1n) is 6.63. The number of hydrogen-bond acceptors (Lipinski definition) is 3. The van der Waals surface area contributed by atoms with Gasteiger partial charge in [-0.15, -0.1) is 0 Å². The molecule has 98 valence electrons. The number of carbonyl (C=O) groups excluding carboxylic acids is 2. The second kappa shape index (κ2) is 7.30. The number of amides is 1. The van der Waals surface area contributed by atoms with E-state index in [0.29, 0.717) is 12.8 Å². The van der Waals surface area contributed by atoms with E-state index in [9.17, 15) is 9.59 Å². The Hall–Kier alpha value is -1.06. The van der Waals surface area contributed by atoms with Crippen LogP contribution in [0.5, 0.6) is 0 Å². The average Bonchev–Trinajstić information content (AvgIpc) is 2.71. The smallest absolute Gasteiger partial charge is 0.328 e. The van der Waals surface area contributed by atoms with Gasteiger partial charge >= 0.3 is 5.97 Å². The molecule has 0 spiro atoms. The molecule has 0 bridgehead atoms. The van der Waals surface area contributed by atoms with Gasteiger partial charge in [-0.1, -0.05) is 26.2 Å². The topological polar surface area (TPSA) is 55.4 Å². The van der Waals surface area contributed by atoms with Crippen LogP contribution in [-0.2, 0) is 14.3 Å². The van der Waals surface area contributed by atoms with Gasteiger partial charge in [-0.05, 0) is 26.2 Å². The van der Waals surface area contributed by atoms with E-state index in [1.165, 1.54) is 19.3 Å². The van der Waals surface area contributed by atoms with Gasteiger partial charge in [-0.2, -0.15) is 0 Å². The molecule has 17 heavy (non-hydrogen) atoms. The first-order chi connectivity index (χ1) is 8.13. The Labute approximate surface area is 103 Å². The third-order valence-corrected chi connectivity index (χ3v) is 3.06. The summed E-state index contributed by atoms with van der Waals surface area (Å²) in [5.41, 5.74) is 0. The van der Waals surface area contributed by atoms with E-state index in [1.807, 2.05) is 6.92 Å². The van der Waals surface area contributed by atoms with Crippen LogP contribution in [0.2, 0.25) is 0 Å². The van der Waals surface area contributed by atoms with Crippen LogP contribution in [0.4, 0.5) is 0 Å². The highest BCUT2D eigenvalue weighted by atomic mass is 16.5. The largest absolute Gasteiger partial charge is 0.461 e. The van der Waals surface area contributed by atoms with E-state index in [4.69, 9.17) is 4.74 Å². The number of ether oxygens (including phenoxy) is 1. The van der Waals surface area contributed by atoms with Crippen LogP contribution in [0.1, 0.15) is 58.8 Å². The highest BCUT2D eigenvalue weighted by Gasteiger charge is 2.29. The van der Waals surface area contributed by atoms with Crippen LogP contribution in [0.15, 0.2) is 0 Å². The molecule has 1 amide bonds. The maximum Gasteiger partial charge on any atom is 0.328 e. The van der Waals surface area contributed by atoms with Crippen molar-refractivity contribution >= 4 is 11.9 Å². The summed E-state index contributed by atoms with van der Waals surface area (Å²) in [6.07, 6.45) is 6.60. The van der Waals surface area contributed by atoms with Crippen molar-refractivity contribution < 1.29 is 14.3 Å². The average molecular weight is 241 g/mol. The normalized spacial score (nSPS) is 21.1. The van der Waals surface area contributed by atoms with Gasteiger partial charge in [0.1, 0.15) is 6.04 Å². The molecule has 0 radical (unpaired) electrons. The van der Waals surface area contributed by atoms with Crippen molar-refractivity contribution in [1.82, 2.24) is 5.32 Å². The zero-order valence-corrected chi connectivity index (χ0v) is 10.8. The van der Waals surface area contributed by atoms with Gasteiger partial charge < -0.3 is 10.1 Å². The number of hydrogen-bond donors (Lipinski definition) is 1. The molecule has 1 fully saturated rings. The molecular weight excluding hydrogens is 218 g/mol. The van der Waals surface area contributed by atoms with Crippen molar-refractivity contribution in [3.8, 4) is 0 Å². The Bertz CT molecular complexity index is 265. The molecule has 1 aliphatic rings. The van der Waals surface area contributed by atoms with Crippen molar-refractivity contribution in [2.75, 3.05) is 0 Å². The predicted octanol–water partition coefficient (Wildman–Crippen LogP) is 2.17. The van der Waals surface area contributed by atoms with Crippen LogP contribution in [0.25, 0.3) is 0 Å². The Balaban J connectivity index is 2.14. The lowest BCUT2D eigenvalue weighted by molar-refractivity contribution is -0.151. The molecule has 0 saturated carbocycles. The number of unbranched alkanes of at least 4 members (excludes halogenated alkanes) is 3. The monoisotopic (exact) mass is 241 g/mol. The summed E-state index contributed by atoms with van der Waals surface area (Å²) in [6, 6.07) is -0.416. The maximum absolute atomic E-state index is 11.7. The summed E-state index contributed by atoms with van der Waals surface area (Å²) in [4.78, 5) is 22.6. The van der Waals surface area contributed by atoms with Gasteiger partial charge in [-0.25, -0.2) is 4.79 Å². The van der Waals surface area contributed by atoms with Crippen molar-refractivity contribution in [2.45, 2.75) is 70.9 Å². The Morgan fingerprint density at radius 3 is 2.82 bits per heavy atom. The fourth-order valence-electron chi connectivity index (χ4n) is 1.99. The summed E-state index contributed by atoms with van der Waals surface area (Å²) in [6.45, 7) is 4.09. The molecule has 1 saturated heterocycles. The maximum atomic E-state index is 11.7. The van der Waals surface area contributed by atoms with E-state index in [1.54, 1.807) is 0 Å². The van der Waals surface area contributed by atoms with Gasteiger partial charge in [-0.3, -0.25) is 4.79 Å². The zero-order chi connectivity index (χ0) is 12.7. The van der Waals surface area contributed by atoms with Gasteiger partial charge in [0.15, 0.2) is 0 Å². The third-order valence-electron chi connectivity index (χ3n) is 3.06. The first kappa shape index (κ1) is 14.0. The third kappa shape index (κ3) is 5.20. The van der Waals surface area contributed by atoms with Gasteiger partial charge in [0.25, 0.3) is 0 Å². The fraction of sp³-hybridized carbons (Fsp3) is 0.846. The Morgan fingerprint density at radius 1 is 1.47 bits per heavy atom. The molecule has 1 heterocycles. The summed E-state index contributed by atoms with van der Waals surface area (Å²) in [5, 5.41) is 2.62. The minimum Gasteiger partial charge on any atom is -0.461 e. The molecule has 0 aromatic carbocycles. The van der Waals surface area contributed by atoms with Crippen molar-refractivity contribution in [3.05, 3.63) is 0 Å². The van der Waals surface area contributed by atoms with Crippen LogP contribution in [0.3, 0.4) is 0 Å². The molecule has 0 aliphatic carbocycles. The number of esters is 1. The lowest BCUT2D eigenvalue weighted by atomic mass is 10.1. The van der Waals surface area contributed by atoms with Crippen LogP contribution in [0, 0.1) is 0 Å². The van der Waals surface area contributed by atoms with Gasteiger partial charge in [0.05, 0.1) is 6.10 Å². The lowest BCUT2D eigenvalue weighted by Crippen LogP contribution is -2.36. The molecule has 4 nitrogen and oxygen atoms in total. The van der Waals surface area contributed by atoms with Gasteiger partial charge in [0.2, 0.25) is 5.91 Å². The van der Waals surface area contributed by atoms with E-state index in [0.717, 1.165) is 12.8 Å². The second-order valence-electron chi connectivity index (χ2n) is 4.76.